The average molecular weight is 205 g/mol. The van der Waals surface area contributed by atoms with Crippen molar-refractivity contribution >= 4 is 5.91 Å². The number of carbonyl (C=O) groups is 1. The summed E-state index contributed by atoms with van der Waals surface area (Å²) >= 11 is 0. The van der Waals surface area contributed by atoms with Crippen LogP contribution >= 0.6 is 0 Å². The Morgan fingerprint density at radius 2 is 1.93 bits per heavy atom. The van der Waals surface area contributed by atoms with Crippen molar-refractivity contribution in [1.29, 1.82) is 0 Å². The molecule has 0 bridgehead atoms. The summed E-state index contributed by atoms with van der Waals surface area (Å²) in [5.74, 6) is -0.0932. The molecule has 1 aromatic rings. The molecule has 2 N–H and O–H groups in total. The number of nitrogens with zero attached hydrogens (tertiary/aromatic N) is 1. The molecule has 1 fully saturated rings. The van der Waals surface area contributed by atoms with Gasteiger partial charge in [-0.1, -0.05) is 12.8 Å². The molecule has 1 heterocycles. The number of hydrazine groups is 1. The normalized spacial score (nSPS) is 16.5. The van der Waals surface area contributed by atoms with E-state index in [1.807, 2.05) is 0 Å². The second-order valence-corrected chi connectivity index (χ2v) is 3.82. The highest BCUT2D eigenvalue weighted by atomic mass is 16.2. The maximum Gasteiger partial charge on any atom is 0.265 e. The Morgan fingerprint density at radius 1 is 1.27 bits per heavy atom. The summed E-state index contributed by atoms with van der Waals surface area (Å²) in [5, 5.41) is 0. The lowest BCUT2D eigenvalue weighted by atomic mass is 10.2. The van der Waals surface area contributed by atoms with E-state index >= 15 is 0 Å². The molecule has 2 rings (SSSR count). The highest BCUT2D eigenvalue weighted by Gasteiger charge is 2.15. The number of amides is 1. The maximum absolute atomic E-state index is 11.6. The van der Waals surface area contributed by atoms with Crippen LogP contribution in [0.3, 0.4) is 0 Å². The molecular weight excluding hydrogens is 190 g/mol. The van der Waals surface area contributed by atoms with Gasteiger partial charge >= 0.3 is 0 Å². The van der Waals surface area contributed by atoms with Crippen molar-refractivity contribution in [2.24, 2.45) is 0 Å². The van der Waals surface area contributed by atoms with Crippen LogP contribution < -0.4 is 10.9 Å². The topological polar surface area (TPSA) is 54.0 Å². The van der Waals surface area contributed by atoms with E-state index in [-0.39, 0.29) is 5.91 Å². The molecule has 80 valence electrons. The average Bonchev–Trinajstić information content (AvgIpc) is 2.80. The second kappa shape index (κ2) is 4.89. The summed E-state index contributed by atoms with van der Waals surface area (Å²) in [6, 6.07) is 3.84. The molecular formula is C11H15N3O. The number of pyridine rings is 1. The fraction of sp³-hybridized carbons (Fsp3) is 0.455. The summed E-state index contributed by atoms with van der Waals surface area (Å²) in [5.41, 5.74) is 6.42. The van der Waals surface area contributed by atoms with Crippen LogP contribution in [-0.2, 0) is 0 Å². The first-order valence-electron chi connectivity index (χ1n) is 5.32. The van der Waals surface area contributed by atoms with E-state index in [1.54, 1.807) is 24.5 Å². The molecule has 1 saturated carbocycles. The fourth-order valence-corrected chi connectivity index (χ4v) is 1.81. The predicted octanol–water partition coefficient (Wildman–Crippen LogP) is 1.26. The van der Waals surface area contributed by atoms with Crippen molar-refractivity contribution in [1.82, 2.24) is 15.8 Å². The zero-order valence-corrected chi connectivity index (χ0v) is 8.57. The van der Waals surface area contributed by atoms with Crippen molar-refractivity contribution in [2.75, 3.05) is 0 Å². The lowest BCUT2D eigenvalue weighted by Crippen LogP contribution is -2.43. The van der Waals surface area contributed by atoms with Crippen LogP contribution in [-0.4, -0.2) is 16.9 Å². The van der Waals surface area contributed by atoms with E-state index in [1.165, 1.54) is 12.8 Å². The molecule has 0 atom stereocenters. The van der Waals surface area contributed by atoms with E-state index in [2.05, 4.69) is 15.8 Å². The first kappa shape index (κ1) is 10.1. The second-order valence-electron chi connectivity index (χ2n) is 3.82. The first-order valence-corrected chi connectivity index (χ1v) is 5.32. The van der Waals surface area contributed by atoms with Gasteiger partial charge in [0.15, 0.2) is 0 Å². The van der Waals surface area contributed by atoms with Crippen LogP contribution in [0.5, 0.6) is 0 Å². The summed E-state index contributed by atoms with van der Waals surface area (Å²) in [6.45, 7) is 0. The molecule has 1 aliphatic carbocycles. The molecule has 0 unspecified atom stereocenters. The van der Waals surface area contributed by atoms with E-state index in [0.29, 0.717) is 11.6 Å². The molecule has 4 heteroatoms. The summed E-state index contributed by atoms with van der Waals surface area (Å²) < 4.78 is 0. The molecule has 0 saturated heterocycles. The minimum absolute atomic E-state index is 0.0932. The van der Waals surface area contributed by atoms with E-state index in [0.717, 1.165) is 12.8 Å². The van der Waals surface area contributed by atoms with Gasteiger partial charge in [-0.15, -0.1) is 0 Å². The molecule has 4 nitrogen and oxygen atoms in total. The van der Waals surface area contributed by atoms with Gasteiger partial charge in [-0.05, 0) is 25.0 Å². The molecule has 0 radical (unpaired) electrons. The largest absolute Gasteiger partial charge is 0.287 e. The third-order valence-corrected chi connectivity index (χ3v) is 2.69. The SMILES string of the molecule is O=C(NNC1CCCC1)c1ccncc1. The maximum atomic E-state index is 11.6. The smallest absolute Gasteiger partial charge is 0.265 e. The minimum atomic E-state index is -0.0932. The summed E-state index contributed by atoms with van der Waals surface area (Å²) in [7, 11) is 0. The van der Waals surface area contributed by atoms with Crippen LogP contribution in [0.15, 0.2) is 24.5 Å². The quantitative estimate of drug-likeness (QED) is 0.730. The third-order valence-electron chi connectivity index (χ3n) is 2.69. The molecule has 1 amide bonds. The Kier molecular flexibility index (Phi) is 3.29. The van der Waals surface area contributed by atoms with Crippen LogP contribution in [0.1, 0.15) is 36.0 Å². The number of aromatic nitrogens is 1. The Hall–Kier alpha value is -1.42. The van der Waals surface area contributed by atoms with Crippen LogP contribution in [0.4, 0.5) is 0 Å². The van der Waals surface area contributed by atoms with Gasteiger partial charge in [0.25, 0.3) is 5.91 Å². The van der Waals surface area contributed by atoms with Crippen LogP contribution in [0, 0.1) is 0 Å². The lowest BCUT2D eigenvalue weighted by molar-refractivity contribution is 0.0925. The standard InChI is InChI=1S/C11H15N3O/c15-11(9-5-7-12-8-6-9)14-13-10-3-1-2-4-10/h5-8,10,13H,1-4H2,(H,14,15). The lowest BCUT2D eigenvalue weighted by Gasteiger charge is -2.12. The van der Waals surface area contributed by atoms with Crippen LogP contribution in [0.2, 0.25) is 0 Å². The van der Waals surface area contributed by atoms with Crippen molar-refractivity contribution in [3.63, 3.8) is 0 Å². The van der Waals surface area contributed by atoms with E-state index in [4.69, 9.17) is 0 Å². The zero-order chi connectivity index (χ0) is 10.5. The number of nitrogens with one attached hydrogen (secondary N) is 2. The number of carbonyl (C=O) groups excluding carboxylic acids is 1. The van der Waals surface area contributed by atoms with Gasteiger partial charge in [-0.3, -0.25) is 15.2 Å². The zero-order valence-electron chi connectivity index (χ0n) is 8.57. The molecule has 1 aliphatic rings. The summed E-state index contributed by atoms with van der Waals surface area (Å²) in [6.07, 6.45) is 8.04. The minimum Gasteiger partial charge on any atom is -0.287 e. The molecule has 15 heavy (non-hydrogen) atoms. The van der Waals surface area contributed by atoms with E-state index in [9.17, 15) is 4.79 Å². The van der Waals surface area contributed by atoms with Gasteiger partial charge in [0.05, 0.1) is 0 Å². The monoisotopic (exact) mass is 205 g/mol. The molecule has 0 spiro atoms. The molecule has 0 aromatic carbocycles. The number of hydrogen-bond acceptors (Lipinski definition) is 3. The third kappa shape index (κ3) is 2.76. The van der Waals surface area contributed by atoms with Crippen molar-refractivity contribution in [2.45, 2.75) is 31.7 Å². The van der Waals surface area contributed by atoms with Crippen molar-refractivity contribution < 1.29 is 4.79 Å². The van der Waals surface area contributed by atoms with Crippen molar-refractivity contribution in [3.8, 4) is 0 Å². The van der Waals surface area contributed by atoms with Gasteiger partial charge in [0.1, 0.15) is 0 Å². The highest BCUT2D eigenvalue weighted by molar-refractivity contribution is 5.93. The van der Waals surface area contributed by atoms with Gasteiger partial charge in [-0.2, -0.15) is 0 Å². The predicted molar refractivity (Wildman–Crippen MR) is 57.1 cm³/mol. The van der Waals surface area contributed by atoms with E-state index < -0.39 is 0 Å². The Balaban J connectivity index is 1.82. The van der Waals surface area contributed by atoms with Gasteiger partial charge in [0.2, 0.25) is 0 Å². The van der Waals surface area contributed by atoms with Gasteiger partial charge < -0.3 is 0 Å². The fourth-order valence-electron chi connectivity index (χ4n) is 1.81. The summed E-state index contributed by atoms with van der Waals surface area (Å²) in [4.78, 5) is 15.5. The van der Waals surface area contributed by atoms with Gasteiger partial charge in [0, 0.05) is 24.0 Å². The highest BCUT2D eigenvalue weighted by Crippen LogP contribution is 2.16. The Morgan fingerprint density at radius 3 is 2.60 bits per heavy atom. The molecule has 0 aliphatic heterocycles. The van der Waals surface area contributed by atoms with Gasteiger partial charge in [-0.25, -0.2) is 5.43 Å². The van der Waals surface area contributed by atoms with Crippen LogP contribution in [0.25, 0.3) is 0 Å². The first-order chi connectivity index (χ1) is 7.36. The Labute approximate surface area is 89.1 Å². The van der Waals surface area contributed by atoms with Crippen molar-refractivity contribution in [3.05, 3.63) is 30.1 Å². The number of hydrogen-bond donors (Lipinski definition) is 2. The molecule has 1 aromatic heterocycles. The number of rotatable bonds is 3. The Bertz CT molecular complexity index is 320.